The van der Waals surface area contributed by atoms with E-state index in [1.807, 2.05) is 13.8 Å². The molecule has 2 saturated carbocycles. The van der Waals surface area contributed by atoms with E-state index in [0.29, 0.717) is 80.0 Å². The summed E-state index contributed by atoms with van der Waals surface area (Å²) in [4.78, 5) is 17.8. The number of ether oxygens (including phenoxy) is 1. The van der Waals surface area contributed by atoms with Gasteiger partial charge in [0, 0.05) is 43.2 Å². The molecule has 0 spiro atoms. The van der Waals surface area contributed by atoms with E-state index in [4.69, 9.17) is 4.74 Å². The Labute approximate surface area is 241 Å². The Kier molecular flexibility index (Phi) is 9.92. The fraction of sp³-hybridized carbons (Fsp3) is 0.690. The van der Waals surface area contributed by atoms with Crippen molar-refractivity contribution >= 4 is 21.6 Å². The smallest absolute Gasteiger partial charge is 0.272 e. The molecule has 0 aromatic carbocycles. The quantitative estimate of drug-likeness (QED) is 0.339. The first kappa shape index (κ1) is 31.2. The molecule has 2 aliphatic rings. The van der Waals surface area contributed by atoms with Gasteiger partial charge in [-0.05, 0) is 76.5 Å². The fourth-order valence-corrected chi connectivity index (χ4v) is 7.64. The zero-order valence-electron chi connectivity index (χ0n) is 24.5. The minimum Gasteiger partial charge on any atom is -0.496 e. The summed E-state index contributed by atoms with van der Waals surface area (Å²) in [7, 11) is -1.45. The summed E-state index contributed by atoms with van der Waals surface area (Å²) in [6, 6.07) is 1.90. The second-order valence-corrected chi connectivity index (χ2v) is 14.0. The number of alkyl halides is 2. The number of carbonyl (C=O) groups is 1. The van der Waals surface area contributed by atoms with Crippen LogP contribution < -0.4 is 15.4 Å². The lowest BCUT2D eigenvalue weighted by Crippen LogP contribution is -2.46. The number of hydrogen-bond donors (Lipinski definition) is 2. The normalized spacial score (nSPS) is 20.8. The highest BCUT2D eigenvalue weighted by Gasteiger charge is 2.43. The number of aryl methyl sites for hydroxylation is 1. The molecule has 41 heavy (non-hydrogen) atoms. The van der Waals surface area contributed by atoms with E-state index in [1.54, 1.807) is 24.1 Å². The summed E-state index contributed by atoms with van der Waals surface area (Å²) >= 11 is 0. The zero-order chi connectivity index (χ0) is 29.8. The predicted octanol–water partition coefficient (Wildman–Crippen LogP) is 4.90. The summed E-state index contributed by atoms with van der Waals surface area (Å²) in [5, 5.41) is 10.7. The van der Waals surface area contributed by atoms with Crippen molar-refractivity contribution < 1.29 is 26.7 Å². The van der Waals surface area contributed by atoms with Crippen LogP contribution in [-0.2, 0) is 16.4 Å². The number of carbonyl (C=O) groups excluding carboxylic acids is 1. The number of nitrogens with one attached hydrogen (secondary N) is 2. The first-order valence-electron chi connectivity index (χ1n) is 14.5. The van der Waals surface area contributed by atoms with Crippen LogP contribution in [0, 0.1) is 18.3 Å². The van der Waals surface area contributed by atoms with E-state index in [-0.39, 0.29) is 28.5 Å². The Morgan fingerprint density at radius 3 is 2.39 bits per heavy atom. The molecule has 2 aliphatic carbocycles. The lowest BCUT2D eigenvalue weighted by molar-refractivity contribution is 0.0710. The monoisotopic (exact) mass is 595 g/mol. The molecule has 2 aromatic heterocycles. The molecule has 2 aromatic rings. The largest absolute Gasteiger partial charge is 0.496 e. The summed E-state index contributed by atoms with van der Waals surface area (Å²) < 4.78 is 57.1. The molecule has 0 bridgehead atoms. The molecular weight excluding hydrogens is 552 g/mol. The first-order chi connectivity index (χ1) is 19.5. The third kappa shape index (κ3) is 7.01. The van der Waals surface area contributed by atoms with E-state index in [9.17, 15) is 22.0 Å². The van der Waals surface area contributed by atoms with Crippen LogP contribution in [0.25, 0.3) is 11.3 Å². The highest BCUT2D eigenvalue weighted by atomic mass is 32.2. The van der Waals surface area contributed by atoms with Crippen molar-refractivity contribution in [3.63, 3.8) is 0 Å². The zero-order valence-corrected chi connectivity index (χ0v) is 25.3. The number of sulfone groups is 1. The van der Waals surface area contributed by atoms with Gasteiger partial charge in [0.15, 0.2) is 5.69 Å². The highest BCUT2D eigenvalue weighted by Crippen LogP contribution is 2.48. The van der Waals surface area contributed by atoms with Crippen molar-refractivity contribution in [2.75, 3.05) is 38.6 Å². The van der Waals surface area contributed by atoms with Crippen molar-refractivity contribution in [3.8, 4) is 17.0 Å². The lowest BCUT2D eigenvalue weighted by atomic mass is 9.62. The molecule has 2 fully saturated rings. The summed E-state index contributed by atoms with van der Waals surface area (Å²) in [6.45, 7) is 3.94. The van der Waals surface area contributed by atoms with E-state index in [0.717, 1.165) is 18.5 Å². The molecule has 0 radical (unpaired) electrons. The molecule has 9 nitrogen and oxygen atoms in total. The number of aromatic nitrogens is 3. The van der Waals surface area contributed by atoms with Gasteiger partial charge < -0.3 is 15.4 Å². The number of anilines is 1. The average Bonchev–Trinajstić information content (AvgIpc) is 3.26. The van der Waals surface area contributed by atoms with Gasteiger partial charge in [0.25, 0.3) is 5.91 Å². The molecule has 12 heteroatoms. The van der Waals surface area contributed by atoms with E-state index >= 15 is 0 Å². The maximum absolute atomic E-state index is 13.2. The fourth-order valence-electron chi connectivity index (χ4n) is 6.52. The predicted molar refractivity (Wildman–Crippen MR) is 156 cm³/mol. The minimum atomic E-state index is -3.03. The van der Waals surface area contributed by atoms with Crippen LogP contribution >= 0.6 is 0 Å². The van der Waals surface area contributed by atoms with E-state index in [2.05, 4.69) is 20.7 Å². The molecule has 0 atom stereocenters. The van der Waals surface area contributed by atoms with E-state index < -0.39 is 23.2 Å². The van der Waals surface area contributed by atoms with Crippen LogP contribution in [0.4, 0.5) is 14.6 Å². The van der Waals surface area contributed by atoms with Gasteiger partial charge in [0.05, 0.1) is 37.0 Å². The van der Waals surface area contributed by atoms with Gasteiger partial charge in [-0.2, -0.15) is 5.10 Å². The summed E-state index contributed by atoms with van der Waals surface area (Å²) in [6.07, 6.45) is 7.94. The number of methoxy groups -OCH3 is 1. The second-order valence-electron chi connectivity index (χ2n) is 11.7. The second kappa shape index (κ2) is 13.0. The third-order valence-electron chi connectivity index (χ3n) is 8.96. The average molecular weight is 596 g/mol. The number of pyridine rings is 1. The van der Waals surface area contributed by atoms with E-state index in [1.165, 1.54) is 6.26 Å². The molecule has 4 rings (SSSR count). The first-order valence-corrected chi connectivity index (χ1v) is 16.5. The Morgan fingerprint density at radius 1 is 1.17 bits per heavy atom. The molecule has 2 N–H and O–H groups in total. The SMILES string of the molecule is CCn1nc(C(=O)NCC2CCC(S(C)(=O)=O)CC2)c(C)c1-c1cnc(NC2CC(CCF)(CCF)C2)cc1OC. The van der Waals surface area contributed by atoms with Gasteiger partial charge in [-0.15, -0.1) is 0 Å². The molecular formula is C29H43F2N5O4S. The lowest BCUT2D eigenvalue weighted by Gasteiger charge is -2.47. The Bertz CT molecular complexity index is 1310. The van der Waals surface area contributed by atoms with Crippen LogP contribution in [0.5, 0.6) is 5.75 Å². The number of halogens is 2. The maximum atomic E-state index is 13.2. The van der Waals surface area contributed by atoms with Crippen molar-refractivity contribution in [1.82, 2.24) is 20.1 Å². The third-order valence-corrected chi connectivity index (χ3v) is 10.6. The van der Waals surface area contributed by atoms with Crippen LogP contribution in [0.1, 0.15) is 74.3 Å². The van der Waals surface area contributed by atoms with Gasteiger partial charge in [-0.25, -0.2) is 13.4 Å². The Morgan fingerprint density at radius 2 is 1.83 bits per heavy atom. The van der Waals surface area contributed by atoms with Crippen molar-refractivity contribution in [2.45, 2.75) is 83.1 Å². The molecule has 1 amide bonds. The molecule has 0 saturated heterocycles. The van der Waals surface area contributed by atoms with Crippen molar-refractivity contribution in [3.05, 3.63) is 23.5 Å². The van der Waals surface area contributed by atoms with Crippen LogP contribution in [0.15, 0.2) is 12.3 Å². The van der Waals surface area contributed by atoms with Crippen LogP contribution in [0.3, 0.4) is 0 Å². The van der Waals surface area contributed by atoms with Gasteiger partial charge in [0.1, 0.15) is 21.4 Å². The Hall–Kier alpha value is -2.76. The van der Waals surface area contributed by atoms with Crippen LogP contribution in [-0.4, -0.2) is 73.6 Å². The molecule has 228 valence electrons. The number of rotatable bonds is 13. The highest BCUT2D eigenvalue weighted by molar-refractivity contribution is 7.91. The topological polar surface area (TPSA) is 115 Å². The number of amides is 1. The minimum absolute atomic E-state index is 0.0933. The maximum Gasteiger partial charge on any atom is 0.272 e. The van der Waals surface area contributed by atoms with Crippen molar-refractivity contribution in [1.29, 1.82) is 0 Å². The summed E-state index contributed by atoms with van der Waals surface area (Å²) in [5.74, 6) is 1.17. The number of nitrogens with zero attached hydrogens (tertiary/aromatic N) is 3. The van der Waals surface area contributed by atoms with Gasteiger partial charge in [0.2, 0.25) is 0 Å². The molecule has 2 heterocycles. The van der Waals surface area contributed by atoms with Crippen LogP contribution in [0.2, 0.25) is 0 Å². The van der Waals surface area contributed by atoms with Gasteiger partial charge in [-0.3, -0.25) is 18.3 Å². The molecule has 0 aliphatic heterocycles. The standard InChI is InChI=1S/C29H43F2N5O4S/c1-5-36-27(19(2)26(35-36)28(37)33-17-20-6-8-22(9-7-20)41(4,38)39)23-18-32-25(14-24(23)40-3)34-21-15-29(16-21,10-12-30)11-13-31/h14,18,20-22H,5-13,15-17H2,1-4H3,(H,32,34)(H,33,37). The summed E-state index contributed by atoms with van der Waals surface area (Å²) in [5.41, 5.74) is 2.23. The number of hydrogen-bond acceptors (Lipinski definition) is 7. The Balaban J connectivity index is 1.44. The molecule has 0 unspecified atom stereocenters. The van der Waals surface area contributed by atoms with Crippen molar-refractivity contribution in [2.24, 2.45) is 11.3 Å². The van der Waals surface area contributed by atoms with Gasteiger partial charge in [-0.1, -0.05) is 0 Å². The van der Waals surface area contributed by atoms with Gasteiger partial charge >= 0.3 is 0 Å².